The van der Waals surface area contributed by atoms with Crippen LogP contribution in [-0.2, 0) is 0 Å². The van der Waals surface area contributed by atoms with Gasteiger partial charge in [-0.2, -0.15) is 0 Å². The Morgan fingerprint density at radius 2 is 1.39 bits per heavy atom. The van der Waals surface area contributed by atoms with Crippen molar-refractivity contribution in [2.45, 2.75) is 13.3 Å². The molecule has 0 heterocycles. The van der Waals surface area contributed by atoms with E-state index < -0.39 is 7.92 Å². The summed E-state index contributed by atoms with van der Waals surface area (Å²) in [4.78, 5) is 2.20. The Morgan fingerprint density at radius 1 is 0.786 bits per heavy atom. The van der Waals surface area contributed by atoms with E-state index in [9.17, 15) is 0 Å². The van der Waals surface area contributed by atoms with Gasteiger partial charge < -0.3 is 4.90 Å². The SMILES string of the molecule is CC1=C(c2ccc(N(C)C)cc2P(c2ccccc2)c2ccccc2)CC=C1. The maximum absolute atomic E-state index is 2.40. The van der Waals surface area contributed by atoms with Crippen LogP contribution in [0.25, 0.3) is 5.57 Å². The summed E-state index contributed by atoms with van der Waals surface area (Å²) in [5.41, 5.74) is 5.49. The molecule has 2 heteroatoms. The Labute approximate surface area is 169 Å². The van der Waals surface area contributed by atoms with Crippen molar-refractivity contribution in [1.82, 2.24) is 0 Å². The highest BCUT2D eigenvalue weighted by Gasteiger charge is 2.23. The van der Waals surface area contributed by atoms with Gasteiger partial charge in [-0.3, -0.25) is 0 Å². The monoisotopic (exact) mass is 383 g/mol. The highest BCUT2D eigenvalue weighted by molar-refractivity contribution is 7.80. The smallest absolute Gasteiger partial charge is 0.0368 e. The predicted molar refractivity (Wildman–Crippen MR) is 126 cm³/mol. The van der Waals surface area contributed by atoms with Crippen LogP contribution in [-0.4, -0.2) is 14.1 Å². The second kappa shape index (κ2) is 8.17. The van der Waals surface area contributed by atoms with Crippen LogP contribution in [0.5, 0.6) is 0 Å². The number of rotatable bonds is 5. The van der Waals surface area contributed by atoms with Crippen LogP contribution in [0.1, 0.15) is 18.9 Å². The molecule has 140 valence electrons. The van der Waals surface area contributed by atoms with Gasteiger partial charge in [-0.05, 0) is 66.0 Å². The van der Waals surface area contributed by atoms with Gasteiger partial charge in [-0.25, -0.2) is 0 Å². The summed E-state index contributed by atoms with van der Waals surface area (Å²) >= 11 is 0. The van der Waals surface area contributed by atoms with Crippen molar-refractivity contribution in [3.05, 3.63) is 102 Å². The highest BCUT2D eigenvalue weighted by Crippen LogP contribution is 2.39. The van der Waals surface area contributed by atoms with E-state index in [1.165, 1.54) is 38.3 Å². The van der Waals surface area contributed by atoms with E-state index in [-0.39, 0.29) is 0 Å². The lowest BCUT2D eigenvalue weighted by Crippen LogP contribution is -2.24. The van der Waals surface area contributed by atoms with Gasteiger partial charge in [0.1, 0.15) is 0 Å². The van der Waals surface area contributed by atoms with Crippen molar-refractivity contribution in [2.24, 2.45) is 0 Å². The fourth-order valence-corrected chi connectivity index (χ4v) is 6.26. The maximum Gasteiger partial charge on any atom is 0.0368 e. The van der Waals surface area contributed by atoms with E-state index in [0.717, 1.165) is 6.42 Å². The normalized spacial score (nSPS) is 13.4. The molecule has 1 aliphatic carbocycles. The Balaban J connectivity index is 1.97. The van der Waals surface area contributed by atoms with Gasteiger partial charge >= 0.3 is 0 Å². The zero-order valence-corrected chi connectivity index (χ0v) is 17.7. The van der Waals surface area contributed by atoms with Crippen molar-refractivity contribution < 1.29 is 0 Å². The van der Waals surface area contributed by atoms with Gasteiger partial charge in [0, 0.05) is 19.8 Å². The Morgan fingerprint density at radius 3 is 1.89 bits per heavy atom. The molecule has 0 aliphatic heterocycles. The number of allylic oxidation sites excluding steroid dienone is 4. The Kier molecular flexibility index (Phi) is 5.46. The molecule has 0 bridgehead atoms. The van der Waals surface area contributed by atoms with E-state index in [4.69, 9.17) is 0 Å². The van der Waals surface area contributed by atoms with Crippen molar-refractivity contribution in [1.29, 1.82) is 0 Å². The van der Waals surface area contributed by atoms with Crippen molar-refractivity contribution in [2.75, 3.05) is 19.0 Å². The van der Waals surface area contributed by atoms with Crippen LogP contribution in [0.3, 0.4) is 0 Å². The fraction of sp³-hybridized carbons (Fsp3) is 0.154. The molecule has 0 N–H and O–H groups in total. The summed E-state index contributed by atoms with van der Waals surface area (Å²) in [6, 6.07) is 28.9. The number of hydrogen-bond donors (Lipinski definition) is 0. The minimum absolute atomic E-state index is 0.632. The molecule has 0 fully saturated rings. The molecule has 3 aromatic carbocycles. The Hall–Kier alpha value is -2.63. The van der Waals surface area contributed by atoms with Gasteiger partial charge in [0.15, 0.2) is 0 Å². The zero-order chi connectivity index (χ0) is 19.5. The molecule has 28 heavy (non-hydrogen) atoms. The largest absolute Gasteiger partial charge is 0.378 e. The first-order chi connectivity index (χ1) is 13.6. The van der Waals surface area contributed by atoms with Crippen molar-refractivity contribution >= 4 is 35.1 Å². The lowest BCUT2D eigenvalue weighted by atomic mass is 10.0. The molecule has 0 unspecified atom stereocenters. The van der Waals surface area contributed by atoms with Crippen LogP contribution in [0.2, 0.25) is 0 Å². The predicted octanol–water partition coefficient (Wildman–Crippen LogP) is 5.24. The van der Waals surface area contributed by atoms with Gasteiger partial charge in [-0.15, -0.1) is 0 Å². The van der Waals surface area contributed by atoms with Crippen LogP contribution in [0.15, 0.2) is 96.6 Å². The maximum atomic E-state index is 2.40. The second-order valence-electron chi connectivity index (χ2n) is 7.37. The van der Waals surface area contributed by atoms with E-state index in [0.29, 0.717) is 0 Å². The highest BCUT2D eigenvalue weighted by atomic mass is 31.1. The molecule has 4 rings (SSSR count). The first-order valence-electron chi connectivity index (χ1n) is 9.73. The molecule has 1 aliphatic rings. The number of hydrogen-bond acceptors (Lipinski definition) is 1. The van der Waals surface area contributed by atoms with Crippen LogP contribution in [0, 0.1) is 0 Å². The van der Waals surface area contributed by atoms with E-state index in [1.54, 1.807) is 0 Å². The third-order valence-electron chi connectivity index (χ3n) is 5.26. The minimum Gasteiger partial charge on any atom is -0.378 e. The number of benzene rings is 3. The van der Waals surface area contributed by atoms with Gasteiger partial charge in [-0.1, -0.05) is 78.9 Å². The molecule has 0 saturated heterocycles. The lowest BCUT2D eigenvalue weighted by Gasteiger charge is -2.25. The van der Waals surface area contributed by atoms with Gasteiger partial charge in [0.25, 0.3) is 0 Å². The average molecular weight is 383 g/mol. The minimum atomic E-state index is -0.632. The topological polar surface area (TPSA) is 3.24 Å². The van der Waals surface area contributed by atoms with Crippen molar-refractivity contribution in [3.63, 3.8) is 0 Å². The van der Waals surface area contributed by atoms with Gasteiger partial charge in [0.05, 0.1) is 0 Å². The molecule has 3 aromatic rings. The molecule has 1 nitrogen and oxygen atoms in total. The summed E-state index contributed by atoms with van der Waals surface area (Å²) in [6.45, 7) is 2.23. The summed E-state index contributed by atoms with van der Waals surface area (Å²) in [6.07, 6.45) is 5.56. The third kappa shape index (κ3) is 3.68. The van der Waals surface area contributed by atoms with E-state index >= 15 is 0 Å². The first-order valence-corrected chi connectivity index (χ1v) is 11.1. The standard InChI is InChI=1S/C26H26NP/c1-20-11-10-16-24(20)25-18-17-21(27(2)3)19-26(25)28(22-12-6-4-7-13-22)23-14-8-5-9-15-23/h4-15,17-19H,16H2,1-3H3. The summed E-state index contributed by atoms with van der Waals surface area (Å²) in [5.74, 6) is 0. The first kappa shape index (κ1) is 18.7. The van der Waals surface area contributed by atoms with E-state index in [1.807, 2.05) is 0 Å². The lowest BCUT2D eigenvalue weighted by molar-refractivity contribution is 1.13. The summed E-state index contributed by atoms with van der Waals surface area (Å²) in [7, 11) is 3.61. The molecule has 0 radical (unpaired) electrons. The quantitative estimate of drug-likeness (QED) is 0.544. The number of anilines is 1. The van der Waals surface area contributed by atoms with E-state index in [2.05, 4.69) is 117 Å². The molecule has 0 aromatic heterocycles. The summed E-state index contributed by atoms with van der Waals surface area (Å²) < 4.78 is 0. The average Bonchev–Trinajstić information content (AvgIpc) is 3.15. The van der Waals surface area contributed by atoms with Crippen molar-refractivity contribution in [3.8, 4) is 0 Å². The molecule has 0 spiro atoms. The molecule has 0 saturated carbocycles. The molecular weight excluding hydrogens is 357 g/mol. The third-order valence-corrected chi connectivity index (χ3v) is 7.74. The van der Waals surface area contributed by atoms with Crippen LogP contribution < -0.4 is 20.8 Å². The molecular formula is C26H26NP. The summed E-state index contributed by atoms with van der Waals surface area (Å²) in [5, 5.41) is 4.23. The van der Waals surface area contributed by atoms with Gasteiger partial charge in [0.2, 0.25) is 0 Å². The molecule has 0 amide bonds. The zero-order valence-electron chi connectivity index (χ0n) is 16.8. The fourth-order valence-electron chi connectivity index (χ4n) is 3.76. The second-order valence-corrected chi connectivity index (χ2v) is 9.56. The Bertz CT molecular complexity index is 977. The number of nitrogens with zero attached hydrogens (tertiary/aromatic N) is 1. The van der Waals surface area contributed by atoms with Crippen LogP contribution in [0.4, 0.5) is 5.69 Å². The molecule has 0 atom stereocenters. The van der Waals surface area contributed by atoms with Crippen LogP contribution >= 0.6 is 7.92 Å².